The van der Waals surface area contributed by atoms with Crippen molar-refractivity contribution in [3.05, 3.63) is 0 Å². The van der Waals surface area contributed by atoms with Crippen LogP contribution in [0.15, 0.2) is 0 Å². The van der Waals surface area contributed by atoms with Crippen LogP contribution in [0.2, 0.25) is 0 Å². The van der Waals surface area contributed by atoms with Crippen molar-refractivity contribution < 1.29 is 39.5 Å². The van der Waals surface area contributed by atoms with E-state index >= 15 is 0 Å². The van der Waals surface area contributed by atoms with E-state index in [4.69, 9.17) is 0 Å². The van der Waals surface area contributed by atoms with E-state index in [-0.39, 0.29) is 29.6 Å². The van der Waals surface area contributed by atoms with E-state index in [0.29, 0.717) is 6.42 Å². The second-order valence-electron chi connectivity index (χ2n) is 0.943. The summed E-state index contributed by atoms with van der Waals surface area (Å²) in [5, 5.41) is 9.47. The molecule has 0 aromatic carbocycles. The van der Waals surface area contributed by atoms with E-state index in [2.05, 4.69) is 5.92 Å². The van der Waals surface area contributed by atoms with Crippen LogP contribution < -0.4 is 34.7 Å². The first kappa shape index (κ1) is 10.9. The third-order valence-corrected chi connectivity index (χ3v) is 0.367. The van der Waals surface area contributed by atoms with Crippen LogP contribution in [0.3, 0.4) is 0 Å². The van der Waals surface area contributed by atoms with E-state index < -0.39 is 5.97 Å². The average molecular weight is 120 g/mol. The molecule has 0 aliphatic carbocycles. The fraction of sp³-hybridized carbons (Fsp3) is 0.400. The van der Waals surface area contributed by atoms with Gasteiger partial charge in [0.25, 0.3) is 0 Å². The molecule has 0 heterocycles. The number of carbonyl (C=O) groups excluding carboxylic acids is 1. The van der Waals surface area contributed by atoms with Crippen LogP contribution in [0.25, 0.3) is 0 Å². The number of carboxylic acid groups (broad SMARTS) is 1. The molecule has 38 valence electrons. The zero-order valence-electron chi connectivity index (χ0n) is 5.02. The minimum absolute atomic E-state index is 0. The number of hydrogen-bond acceptors (Lipinski definition) is 2. The van der Waals surface area contributed by atoms with Gasteiger partial charge in [-0.2, -0.15) is 0 Å². The Labute approximate surface area is 70.6 Å². The van der Waals surface area contributed by atoms with Gasteiger partial charge in [0.2, 0.25) is 0 Å². The van der Waals surface area contributed by atoms with Crippen LogP contribution in [0.5, 0.6) is 0 Å². The molecule has 0 aromatic rings. The minimum atomic E-state index is -1.30. The summed E-state index contributed by atoms with van der Waals surface area (Å²) in [6, 6.07) is 0. The third kappa shape index (κ3) is 9.39. The Morgan fingerprint density at radius 3 is 2.38 bits per heavy atom. The molecule has 0 aliphatic rings. The number of hydrogen-bond donors (Lipinski definition) is 0. The summed E-state index contributed by atoms with van der Waals surface area (Å²) in [4.78, 5) is 9.47. The first-order valence-corrected chi connectivity index (χ1v) is 1.97. The smallest absolute Gasteiger partial charge is 0.537 e. The normalized spacial score (nSPS) is 5.62. The van der Waals surface area contributed by atoms with Crippen LogP contribution in [0.1, 0.15) is 13.3 Å². The topological polar surface area (TPSA) is 40.1 Å². The van der Waals surface area contributed by atoms with E-state index in [0.717, 1.165) is 0 Å². The first-order chi connectivity index (χ1) is 3.27. The SMILES string of the molecule is CCC#CC(=O)[O-].[Na+]. The maximum Gasteiger partial charge on any atom is 1.00 e. The van der Waals surface area contributed by atoms with Gasteiger partial charge in [-0.15, -0.1) is 0 Å². The molecule has 0 aliphatic heterocycles. The van der Waals surface area contributed by atoms with Crippen molar-refractivity contribution in [2.45, 2.75) is 13.3 Å². The van der Waals surface area contributed by atoms with E-state index in [9.17, 15) is 9.90 Å². The number of rotatable bonds is 0. The van der Waals surface area contributed by atoms with Gasteiger partial charge in [-0.3, -0.25) is 0 Å². The second kappa shape index (κ2) is 7.03. The van der Waals surface area contributed by atoms with Gasteiger partial charge in [-0.1, -0.05) is 12.8 Å². The second-order valence-corrected chi connectivity index (χ2v) is 0.943. The molecule has 0 fully saturated rings. The monoisotopic (exact) mass is 120 g/mol. The zero-order chi connectivity index (χ0) is 5.70. The number of carboxylic acids is 1. The molecule has 0 saturated carbocycles. The van der Waals surface area contributed by atoms with Crippen LogP contribution in [0, 0.1) is 11.8 Å². The zero-order valence-corrected chi connectivity index (χ0v) is 7.02. The molecule has 0 saturated heterocycles. The van der Waals surface area contributed by atoms with Crippen LogP contribution in [0.4, 0.5) is 0 Å². The van der Waals surface area contributed by atoms with Gasteiger partial charge in [0.05, 0.1) is 0 Å². The molecule has 0 amide bonds. The van der Waals surface area contributed by atoms with Gasteiger partial charge < -0.3 is 9.90 Å². The Morgan fingerprint density at radius 1 is 1.75 bits per heavy atom. The summed E-state index contributed by atoms with van der Waals surface area (Å²) >= 11 is 0. The molecule has 0 unspecified atom stereocenters. The maximum absolute atomic E-state index is 9.47. The summed E-state index contributed by atoms with van der Waals surface area (Å²) in [5.41, 5.74) is 0. The summed E-state index contributed by atoms with van der Waals surface area (Å²) in [6.07, 6.45) is 0.563. The molecular formula is C5H5NaO2. The van der Waals surface area contributed by atoms with Crippen molar-refractivity contribution in [2.75, 3.05) is 0 Å². The van der Waals surface area contributed by atoms with E-state index in [1.54, 1.807) is 6.92 Å². The van der Waals surface area contributed by atoms with E-state index in [1.165, 1.54) is 0 Å². The van der Waals surface area contributed by atoms with Crippen LogP contribution >= 0.6 is 0 Å². The van der Waals surface area contributed by atoms with Crippen LogP contribution in [-0.4, -0.2) is 5.97 Å². The number of carbonyl (C=O) groups is 1. The molecule has 0 rings (SSSR count). The summed E-state index contributed by atoms with van der Waals surface area (Å²) in [7, 11) is 0. The molecule has 0 spiro atoms. The standard InChI is InChI=1S/C5H6O2.Na/c1-2-3-4-5(6)7;/h2H2,1H3,(H,6,7);/q;+1/p-1. The Bertz CT molecular complexity index is 120. The summed E-state index contributed by atoms with van der Waals surface area (Å²) in [6.45, 7) is 1.77. The van der Waals surface area contributed by atoms with Gasteiger partial charge in [0.15, 0.2) is 0 Å². The molecule has 0 aromatic heterocycles. The van der Waals surface area contributed by atoms with Gasteiger partial charge in [-0.25, -0.2) is 0 Å². The maximum atomic E-state index is 9.47. The fourth-order valence-corrected chi connectivity index (χ4v) is 0.161. The Morgan fingerprint density at radius 2 is 2.25 bits per heavy atom. The Hall–Kier alpha value is 0.0300. The van der Waals surface area contributed by atoms with Gasteiger partial charge in [0, 0.05) is 6.42 Å². The van der Waals surface area contributed by atoms with Crippen molar-refractivity contribution in [1.82, 2.24) is 0 Å². The Balaban J connectivity index is 0. The predicted octanol–water partition coefficient (Wildman–Crippen LogP) is -3.85. The molecule has 2 nitrogen and oxygen atoms in total. The minimum Gasteiger partial charge on any atom is -0.537 e. The van der Waals surface area contributed by atoms with Crippen molar-refractivity contribution in [2.24, 2.45) is 0 Å². The van der Waals surface area contributed by atoms with E-state index in [1.807, 2.05) is 5.92 Å². The molecule has 3 heteroatoms. The fourth-order valence-electron chi connectivity index (χ4n) is 0.161. The predicted molar refractivity (Wildman–Crippen MR) is 23.1 cm³/mol. The number of aliphatic carboxylic acids is 1. The van der Waals surface area contributed by atoms with Gasteiger partial charge in [0.1, 0.15) is 5.97 Å². The molecule has 0 atom stereocenters. The van der Waals surface area contributed by atoms with Crippen LogP contribution in [-0.2, 0) is 4.79 Å². The Kier molecular flexibility index (Phi) is 9.59. The first-order valence-electron chi connectivity index (χ1n) is 1.97. The molecule has 8 heavy (non-hydrogen) atoms. The van der Waals surface area contributed by atoms with Crippen molar-refractivity contribution >= 4 is 5.97 Å². The van der Waals surface area contributed by atoms with Crippen molar-refractivity contribution in [3.8, 4) is 11.8 Å². The molecular weight excluding hydrogens is 115 g/mol. The quantitative estimate of drug-likeness (QED) is 0.242. The molecule has 0 bridgehead atoms. The molecule has 0 N–H and O–H groups in total. The van der Waals surface area contributed by atoms with Gasteiger partial charge >= 0.3 is 29.6 Å². The largest absolute Gasteiger partial charge is 1.00 e. The van der Waals surface area contributed by atoms with Crippen molar-refractivity contribution in [1.29, 1.82) is 0 Å². The summed E-state index contributed by atoms with van der Waals surface area (Å²) < 4.78 is 0. The average Bonchev–Trinajstić information content (AvgIpc) is 1.61. The molecule has 0 radical (unpaired) electrons. The third-order valence-electron chi connectivity index (χ3n) is 0.367. The van der Waals surface area contributed by atoms with Gasteiger partial charge in [-0.05, 0) is 5.92 Å². The summed E-state index contributed by atoms with van der Waals surface area (Å²) in [5.74, 6) is 2.88. The van der Waals surface area contributed by atoms with Crippen molar-refractivity contribution in [3.63, 3.8) is 0 Å².